The third-order valence-electron chi connectivity index (χ3n) is 5.82. The highest BCUT2D eigenvalue weighted by Gasteiger charge is 2.17. The first-order valence-electron chi connectivity index (χ1n) is 11.8. The minimum atomic E-state index is -0.478. The molecule has 2 aliphatic rings. The van der Waals surface area contributed by atoms with Crippen LogP contribution in [0.5, 0.6) is 0 Å². The molecular formula is C24H28FN9O. The zero-order chi connectivity index (χ0) is 23.9. The molecule has 3 aromatic rings. The maximum atomic E-state index is 14.1. The highest BCUT2D eigenvalue weighted by Crippen LogP contribution is 2.22. The van der Waals surface area contributed by atoms with Crippen molar-refractivity contribution in [3.8, 4) is 0 Å². The second-order valence-electron chi connectivity index (χ2n) is 8.32. The van der Waals surface area contributed by atoms with Gasteiger partial charge in [-0.15, -0.1) is 5.11 Å². The molecular weight excluding hydrogens is 449 g/mol. The molecule has 4 heterocycles. The summed E-state index contributed by atoms with van der Waals surface area (Å²) in [5.74, 6) is -0.131. The number of ether oxygens (including phenoxy) is 1. The third kappa shape index (κ3) is 6.06. The number of benzene rings is 1. The Labute approximate surface area is 203 Å². The Balaban J connectivity index is 1.15. The van der Waals surface area contributed by atoms with Crippen LogP contribution in [0.1, 0.15) is 18.5 Å². The Morgan fingerprint density at radius 3 is 2.54 bits per heavy atom. The number of hydrogen-bond acceptors (Lipinski definition) is 10. The van der Waals surface area contributed by atoms with Crippen LogP contribution in [0.3, 0.4) is 0 Å². The van der Waals surface area contributed by atoms with Gasteiger partial charge in [0.2, 0.25) is 0 Å². The van der Waals surface area contributed by atoms with Crippen LogP contribution in [0.25, 0.3) is 0 Å². The molecule has 0 unspecified atom stereocenters. The summed E-state index contributed by atoms with van der Waals surface area (Å²) in [6.07, 6.45) is 5.31. The van der Waals surface area contributed by atoms with Crippen molar-refractivity contribution >= 4 is 28.8 Å². The first kappa shape index (κ1) is 23.1. The summed E-state index contributed by atoms with van der Waals surface area (Å²) < 4.78 is 19.4. The van der Waals surface area contributed by atoms with Gasteiger partial charge in [-0.1, -0.05) is 0 Å². The van der Waals surface area contributed by atoms with Gasteiger partial charge < -0.3 is 20.0 Å². The molecule has 0 radical (unpaired) electrons. The Kier molecular flexibility index (Phi) is 7.35. The first-order valence-corrected chi connectivity index (χ1v) is 11.8. The Morgan fingerprint density at radius 2 is 1.80 bits per heavy atom. The summed E-state index contributed by atoms with van der Waals surface area (Å²) in [7, 11) is 0. The van der Waals surface area contributed by atoms with Crippen LogP contribution in [-0.4, -0.2) is 54.3 Å². The lowest BCUT2D eigenvalue weighted by Crippen LogP contribution is -2.43. The molecule has 2 saturated heterocycles. The van der Waals surface area contributed by atoms with Gasteiger partial charge in [0.15, 0.2) is 11.6 Å². The number of anilines is 4. The van der Waals surface area contributed by atoms with E-state index < -0.39 is 5.82 Å². The third-order valence-corrected chi connectivity index (χ3v) is 5.82. The summed E-state index contributed by atoms with van der Waals surface area (Å²) in [4.78, 5) is 14.4. The molecule has 5 rings (SSSR count). The molecule has 0 aliphatic carbocycles. The maximum absolute atomic E-state index is 14.1. The fourth-order valence-corrected chi connectivity index (χ4v) is 3.96. The van der Waals surface area contributed by atoms with Crippen molar-refractivity contribution in [2.45, 2.75) is 19.4 Å². The van der Waals surface area contributed by atoms with Gasteiger partial charge in [-0.2, -0.15) is 10.1 Å². The molecule has 11 heteroatoms. The molecule has 2 fully saturated rings. The molecule has 0 amide bonds. The van der Waals surface area contributed by atoms with E-state index in [0.717, 1.165) is 42.0 Å². The van der Waals surface area contributed by atoms with E-state index in [-0.39, 0.29) is 18.3 Å². The van der Waals surface area contributed by atoms with Gasteiger partial charge in [-0.25, -0.2) is 14.8 Å². The van der Waals surface area contributed by atoms with Crippen LogP contribution in [0, 0.1) is 5.82 Å². The first-order chi connectivity index (χ1) is 17.2. The van der Waals surface area contributed by atoms with E-state index in [1.54, 1.807) is 6.20 Å². The zero-order valence-electron chi connectivity index (χ0n) is 19.4. The number of morpholine rings is 1. The van der Waals surface area contributed by atoms with Gasteiger partial charge in [-0.05, 0) is 49.2 Å². The van der Waals surface area contributed by atoms with Crippen molar-refractivity contribution in [1.82, 2.24) is 20.4 Å². The van der Waals surface area contributed by atoms with Crippen molar-refractivity contribution in [2.24, 2.45) is 10.2 Å². The molecule has 10 nitrogen and oxygen atoms in total. The predicted octanol–water partition coefficient (Wildman–Crippen LogP) is 3.98. The molecule has 2 aromatic heterocycles. The minimum absolute atomic E-state index is 0.120. The van der Waals surface area contributed by atoms with Gasteiger partial charge in [0.05, 0.1) is 42.7 Å². The number of nitrogens with zero attached hydrogens (tertiary/aromatic N) is 7. The van der Waals surface area contributed by atoms with Crippen molar-refractivity contribution in [3.05, 3.63) is 60.3 Å². The summed E-state index contributed by atoms with van der Waals surface area (Å²) in [6.45, 7) is 4.55. The van der Waals surface area contributed by atoms with Crippen LogP contribution in [0.2, 0.25) is 0 Å². The van der Waals surface area contributed by atoms with Crippen LogP contribution in [0.4, 0.5) is 33.2 Å². The lowest BCUT2D eigenvalue weighted by Gasteiger charge is -2.29. The van der Waals surface area contributed by atoms with Gasteiger partial charge in [-0.3, -0.25) is 4.98 Å². The number of aromatic nitrogens is 3. The molecule has 182 valence electrons. The highest BCUT2D eigenvalue weighted by atomic mass is 19.1. The average Bonchev–Trinajstić information content (AvgIpc) is 2.92. The standard InChI is InChI=1S/C24H28FN9O/c25-22-17-27-24(31-23(22)33-11-13-35-14-12-33)32-28-16-19-3-4-20(15-26-19)30-18-5-7-21(8-6-18)34-10-2-1-9-29-34/h3-8,15,17,29-30H,1-2,9-14,16H2. The largest absolute Gasteiger partial charge is 0.378 e. The quantitative estimate of drug-likeness (QED) is 0.493. The van der Waals surface area contributed by atoms with E-state index in [1.807, 2.05) is 17.0 Å². The molecule has 2 N–H and O–H groups in total. The Morgan fingerprint density at radius 1 is 0.971 bits per heavy atom. The fourth-order valence-electron chi connectivity index (χ4n) is 3.96. The van der Waals surface area contributed by atoms with Gasteiger partial charge in [0.25, 0.3) is 5.95 Å². The van der Waals surface area contributed by atoms with E-state index >= 15 is 0 Å². The van der Waals surface area contributed by atoms with E-state index in [0.29, 0.717) is 26.3 Å². The summed E-state index contributed by atoms with van der Waals surface area (Å²) in [5.41, 5.74) is 7.20. The number of nitrogens with one attached hydrogen (secondary N) is 2. The highest BCUT2D eigenvalue weighted by molar-refractivity contribution is 5.62. The summed E-state index contributed by atoms with van der Waals surface area (Å²) in [6, 6.07) is 12.2. The molecule has 1 aromatic carbocycles. The van der Waals surface area contributed by atoms with E-state index in [4.69, 9.17) is 4.74 Å². The second-order valence-corrected chi connectivity index (χ2v) is 8.32. The summed E-state index contributed by atoms with van der Waals surface area (Å²) >= 11 is 0. The summed E-state index contributed by atoms with van der Waals surface area (Å²) in [5, 5.41) is 13.7. The van der Waals surface area contributed by atoms with Crippen LogP contribution < -0.4 is 20.7 Å². The molecule has 0 bridgehead atoms. The lowest BCUT2D eigenvalue weighted by atomic mass is 10.2. The smallest absolute Gasteiger partial charge is 0.270 e. The number of hydrogen-bond donors (Lipinski definition) is 2. The molecule has 0 spiro atoms. The average molecular weight is 478 g/mol. The van der Waals surface area contributed by atoms with Gasteiger partial charge in [0, 0.05) is 31.9 Å². The number of rotatable bonds is 7. The van der Waals surface area contributed by atoms with Crippen LogP contribution in [0.15, 0.2) is 59.0 Å². The maximum Gasteiger partial charge on any atom is 0.270 e. The number of pyridine rings is 1. The van der Waals surface area contributed by atoms with Crippen LogP contribution >= 0.6 is 0 Å². The van der Waals surface area contributed by atoms with Crippen molar-refractivity contribution < 1.29 is 9.13 Å². The lowest BCUT2D eigenvalue weighted by molar-refractivity contribution is 0.122. The second kappa shape index (κ2) is 11.2. The van der Waals surface area contributed by atoms with Crippen molar-refractivity contribution in [1.29, 1.82) is 0 Å². The van der Waals surface area contributed by atoms with Crippen LogP contribution in [-0.2, 0) is 11.3 Å². The van der Waals surface area contributed by atoms with E-state index in [1.165, 1.54) is 12.8 Å². The monoisotopic (exact) mass is 477 g/mol. The van der Waals surface area contributed by atoms with Crippen molar-refractivity contribution in [2.75, 3.05) is 54.6 Å². The van der Waals surface area contributed by atoms with E-state index in [9.17, 15) is 4.39 Å². The van der Waals surface area contributed by atoms with E-state index in [2.05, 4.69) is 65.2 Å². The number of azo groups is 1. The Bertz CT molecular complexity index is 1130. The predicted molar refractivity (Wildman–Crippen MR) is 132 cm³/mol. The molecule has 0 saturated carbocycles. The number of hydrazine groups is 1. The van der Waals surface area contributed by atoms with Crippen molar-refractivity contribution in [3.63, 3.8) is 0 Å². The normalized spacial score (nSPS) is 16.6. The molecule has 0 atom stereocenters. The fraction of sp³-hybridized carbons (Fsp3) is 0.375. The Hall–Kier alpha value is -3.70. The number of halogens is 1. The van der Waals surface area contributed by atoms with Gasteiger partial charge >= 0.3 is 0 Å². The zero-order valence-corrected chi connectivity index (χ0v) is 19.4. The molecule has 35 heavy (non-hydrogen) atoms. The molecule has 2 aliphatic heterocycles. The van der Waals surface area contributed by atoms with Gasteiger partial charge in [0.1, 0.15) is 6.54 Å². The topological polar surface area (TPSA) is 103 Å². The SMILES string of the molecule is Fc1cnc(N=NCc2ccc(Nc3ccc(N4CCCCN4)cc3)cn2)nc1N1CCOCC1. The minimum Gasteiger partial charge on any atom is -0.378 e.